The number of benzene rings is 1. The Morgan fingerprint density at radius 3 is 2.61 bits per heavy atom. The summed E-state index contributed by atoms with van der Waals surface area (Å²) in [7, 11) is 0. The first-order valence-electron chi connectivity index (χ1n) is 8.43. The van der Waals surface area contributed by atoms with Crippen LogP contribution in [-0.2, 0) is 6.54 Å². The molecule has 1 N–H and O–H groups in total. The van der Waals surface area contributed by atoms with Crippen molar-refractivity contribution in [2.75, 3.05) is 33.0 Å². The van der Waals surface area contributed by atoms with Gasteiger partial charge in [0, 0.05) is 36.8 Å². The molecule has 6 heteroatoms. The predicted octanol–water partition coefficient (Wildman–Crippen LogP) is 2.10. The number of halogens is 1. The summed E-state index contributed by atoms with van der Waals surface area (Å²) in [5.41, 5.74) is 1.03. The number of piperidine rings is 1. The van der Waals surface area contributed by atoms with Crippen LogP contribution in [0.2, 0.25) is 5.02 Å². The lowest BCUT2D eigenvalue weighted by Crippen LogP contribution is -2.45. The number of aliphatic hydroxyl groups excluding tert-OH is 1. The van der Waals surface area contributed by atoms with Gasteiger partial charge in [-0.25, -0.2) is 0 Å². The molecule has 0 aliphatic carbocycles. The molecule has 0 aromatic heterocycles. The lowest BCUT2D eigenvalue weighted by Gasteiger charge is -2.33. The Balaban J connectivity index is 1.44. The van der Waals surface area contributed by atoms with Gasteiger partial charge in [-0.2, -0.15) is 0 Å². The maximum atomic E-state index is 10.5. The van der Waals surface area contributed by atoms with Crippen molar-refractivity contribution in [1.82, 2.24) is 9.80 Å². The Kier molecular flexibility index (Phi) is 4.37. The Labute approximate surface area is 141 Å². The Morgan fingerprint density at radius 1 is 1.09 bits per heavy atom. The van der Waals surface area contributed by atoms with E-state index in [1.165, 1.54) is 19.3 Å². The molecule has 0 spiro atoms. The van der Waals surface area contributed by atoms with E-state index in [0.29, 0.717) is 17.3 Å². The van der Waals surface area contributed by atoms with Crippen LogP contribution in [0.1, 0.15) is 24.8 Å². The van der Waals surface area contributed by atoms with Gasteiger partial charge >= 0.3 is 0 Å². The van der Waals surface area contributed by atoms with Gasteiger partial charge in [0.05, 0.1) is 6.10 Å². The van der Waals surface area contributed by atoms with Gasteiger partial charge in [0.1, 0.15) is 0 Å². The molecule has 0 bridgehead atoms. The number of rotatable bonds is 3. The lowest BCUT2D eigenvalue weighted by atomic mass is 10.1. The zero-order valence-corrected chi connectivity index (χ0v) is 14.0. The van der Waals surface area contributed by atoms with Gasteiger partial charge < -0.3 is 14.6 Å². The SMILES string of the molecule is O[C@H]1CN(Cc2cc3c(cc2Cl)OCO3)C[C@@H]1N1CCCCC1. The first kappa shape index (κ1) is 15.5. The van der Waals surface area contributed by atoms with Crippen LogP contribution in [0.5, 0.6) is 11.5 Å². The fraction of sp³-hybridized carbons (Fsp3) is 0.647. The number of hydrogen-bond acceptors (Lipinski definition) is 5. The Morgan fingerprint density at radius 2 is 1.83 bits per heavy atom. The van der Waals surface area contributed by atoms with Gasteiger partial charge in [0.2, 0.25) is 6.79 Å². The van der Waals surface area contributed by atoms with Gasteiger partial charge in [0.15, 0.2) is 11.5 Å². The van der Waals surface area contributed by atoms with Crippen molar-refractivity contribution in [3.8, 4) is 11.5 Å². The number of likely N-dealkylation sites (tertiary alicyclic amines) is 2. The van der Waals surface area contributed by atoms with Crippen LogP contribution in [0, 0.1) is 0 Å². The van der Waals surface area contributed by atoms with Crippen LogP contribution in [0.25, 0.3) is 0 Å². The average Bonchev–Trinajstić information content (AvgIpc) is 3.15. The third-order valence-electron chi connectivity index (χ3n) is 5.13. The van der Waals surface area contributed by atoms with Crippen molar-refractivity contribution in [3.05, 3.63) is 22.7 Å². The summed E-state index contributed by atoms with van der Waals surface area (Å²) >= 11 is 6.37. The average molecular weight is 339 g/mol. The van der Waals surface area contributed by atoms with Crippen LogP contribution >= 0.6 is 11.6 Å². The highest BCUT2D eigenvalue weighted by molar-refractivity contribution is 6.31. The fourth-order valence-corrected chi connectivity index (χ4v) is 4.12. The van der Waals surface area contributed by atoms with E-state index >= 15 is 0 Å². The van der Waals surface area contributed by atoms with E-state index in [1.54, 1.807) is 0 Å². The molecule has 126 valence electrons. The molecule has 23 heavy (non-hydrogen) atoms. The Bertz CT molecular complexity index is 577. The topological polar surface area (TPSA) is 45.2 Å². The molecule has 5 nitrogen and oxygen atoms in total. The second-order valence-electron chi connectivity index (χ2n) is 6.72. The molecule has 0 saturated carbocycles. The molecule has 1 aromatic rings. The number of ether oxygens (including phenoxy) is 2. The third kappa shape index (κ3) is 3.15. The Hall–Kier alpha value is -1.01. The van der Waals surface area contributed by atoms with Crippen molar-refractivity contribution in [1.29, 1.82) is 0 Å². The second kappa shape index (κ2) is 6.48. The summed E-state index contributed by atoms with van der Waals surface area (Å²) in [5.74, 6) is 1.48. The summed E-state index contributed by atoms with van der Waals surface area (Å²) in [6.45, 7) is 4.81. The van der Waals surface area contributed by atoms with Crippen LogP contribution in [-0.4, -0.2) is 60.0 Å². The molecule has 2 atom stereocenters. The third-order valence-corrected chi connectivity index (χ3v) is 5.48. The van der Waals surface area contributed by atoms with Crippen molar-refractivity contribution in [2.24, 2.45) is 0 Å². The second-order valence-corrected chi connectivity index (χ2v) is 7.13. The summed E-state index contributed by atoms with van der Waals surface area (Å²) in [4.78, 5) is 4.74. The van der Waals surface area contributed by atoms with E-state index in [-0.39, 0.29) is 18.9 Å². The maximum absolute atomic E-state index is 10.5. The highest BCUT2D eigenvalue weighted by Crippen LogP contribution is 2.37. The fourth-order valence-electron chi connectivity index (χ4n) is 3.91. The lowest BCUT2D eigenvalue weighted by molar-refractivity contribution is 0.0706. The summed E-state index contributed by atoms with van der Waals surface area (Å²) in [5, 5.41) is 11.2. The van der Waals surface area contributed by atoms with Crippen LogP contribution in [0.4, 0.5) is 0 Å². The van der Waals surface area contributed by atoms with E-state index in [4.69, 9.17) is 21.1 Å². The van der Waals surface area contributed by atoms with Gasteiger partial charge in [-0.3, -0.25) is 9.80 Å². The molecule has 0 unspecified atom stereocenters. The van der Waals surface area contributed by atoms with Gasteiger partial charge in [-0.1, -0.05) is 18.0 Å². The number of β-amino-alcohol motifs (C(OH)–C–C–N with tert-alkyl or cyclic N) is 1. The molecule has 2 fully saturated rings. The summed E-state index contributed by atoms with van der Waals surface area (Å²) in [6.07, 6.45) is 3.53. The molecule has 4 rings (SSSR count). The zero-order valence-electron chi connectivity index (χ0n) is 13.2. The maximum Gasteiger partial charge on any atom is 0.231 e. The number of aliphatic hydroxyl groups is 1. The van der Waals surface area contributed by atoms with Gasteiger partial charge in [-0.15, -0.1) is 0 Å². The largest absolute Gasteiger partial charge is 0.454 e. The van der Waals surface area contributed by atoms with E-state index in [1.807, 2.05) is 12.1 Å². The monoisotopic (exact) mass is 338 g/mol. The first-order valence-corrected chi connectivity index (χ1v) is 8.81. The highest BCUT2D eigenvalue weighted by atomic mass is 35.5. The number of nitrogens with zero attached hydrogens (tertiary/aromatic N) is 2. The molecule has 3 aliphatic rings. The van der Waals surface area contributed by atoms with E-state index in [9.17, 15) is 5.11 Å². The molecular weight excluding hydrogens is 316 g/mol. The summed E-state index contributed by atoms with van der Waals surface area (Å²) in [6, 6.07) is 4.04. The van der Waals surface area contributed by atoms with Gasteiger partial charge in [0.25, 0.3) is 0 Å². The normalized spacial score (nSPS) is 28.4. The minimum absolute atomic E-state index is 0.253. The number of fused-ring (bicyclic) bond motifs is 1. The standard InChI is InChI=1S/C17H23ClN2O3/c18-13-7-17-16(22-11-23-17)6-12(13)8-19-9-14(15(21)10-19)20-4-2-1-3-5-20/h6-7,14-15,21H,1-5,8-11H2/t14-,15-/m0/s1. The first-order chi connectivity index (χ1) is 11.2. The zero-order chi connectivity index (χ0) is 15.8. The molecule has 3 aliphatic heterocycles. The molecule has 0 amide bonds. The molecular formula is C17H23ClN2O3. The minimum Gasteiger partial charge on any atom is -0.454 e. The molecule has 2 saturated heterocycles. The molecule has 3 heterocycles. The molecule has 1 aromatic carbocycles. The van der Waals surface area contributed by atoms with E-state index in [0.717, 1.165) is 37.5 Å². The minimum atomic E-state index is -0.277. The highest BCUT2D eigenvalue weighted by Gasteiger charge is 2.36. The van der Waals surface area contributed by atoms with Crippen molar-refractivity contribution >= 4 is 11.6 Å². The van der Waals surface area contributed by atoms with Crippen LogP contribution < -0.4 is 9.47 Å². The van der Waals surface area contributed by atoms with Crippen molar-refractivity contribution < 1.29 is 14.6 Å². The van der Waals surface area contributed by atoms with Crippen molar-refractivity contribution in [2.45, 2.75) is 38.0 Å². The summed E-state index contributed by atoms with van der Waals surface area (Å²) < 4.78 is 10.8. The van der Waals surface area contributed by atoms with Crippen LogP contribution in [0.3, 0.4) is 0 Å². The van der Waals surface area contributed by atoms with Crippen LogP contribution in [0.15, 0.2) is 12.1 Å². The smallest absolute Gasteiger partial charge is 0.231 e. The number of hydrogen-bond donors (Lipinski definition) is 1. The quantitative estimate of drug-likeness (QED) is 0.914. The predicted molar refractivity (Wildman–Crippen MR) is 88.1 cm³/mol. The van der Waals surface area contributed by atoms with Gasteiger partial charge in [-0.05, 0) is 37.6 Å². The van der Waals surface area contributed by atoms with E-state index in [2.05, 4.69) is 9.80 Å². The molecule has 0 radical (unpaired) electrons. The van der Waals surface area contributed by atoms with E-state index < -0.39 is 0 Å². The van der Waals surface area contributed by atoms with Crippen molar-refractivity contribution in [3.63, 3.8) is 0 Å².